The lowest BCUT2D eigenvalue weighted by atomic mass is 9.77. The van der Waals surface area contributed by atoms with Crippen LogP contribution in [-0.2, 0) is 15.1 Å². The van der Waals surface area contributed by atoms with E-state index < -0.39 is 22.4 Å². The summed E-state index contributed by atoms with van der Waals surface area (Å²) < 4.78 is 5.14. The lowest BCUT2D eigenvalue weighted by molar-refractivity contribution is -0.152. The number of thioether (sulfide) groups is 1. The van der Waals surface area contributed by atoms with Gasteiger partial charge in [-0.3, -0.25) is 9.59 Å². The summed E-state index contributed by atoms with van der Waals surface area (Å²) in [4.78, 5) is 29.8. The van der Waals surface area contributed by atoms with Gasteiger partial charge in [-0.2, -0.15) is 0 Å². The monoisotopic (exact) mass is 616 g/mol. The van der Waals surface area contributed by atoms with Crippen molar-refractivity contribution in [3.63, 3.8) is 0 Å². The van der Waals surface area contributed by atoms with Crippen molar-refractivity contribution < 1.29 is 14.3 Å². The molecule has 0 spiro atoms. The minimum atomic E-state index is -0.918. The van der Waals surface area contributed by atoms with E-state index in [1.807, 2.05) is 72.8 Å². The molecule has 226 valence electrons. The van der Waals surface area contributed by atoms with Crippen LogP contribution in [0.5, 0.6) is 5.75 Å². The van der Waals surface area contributed by atoms with Gasteiger partial charge in [0.2, 0.25) is 5.91 Å². The van der Waals surface area contributed by atoms with Gasteiger partial charge in [0.15, 0.2) is 18.0 Å². The lowest BCUT2D eigenvalue weighted by Gasteiger charge is -2.44. The number of hydrogen-bond donors (Lipinski definition) is 1. The van der Waals surface area contributed by atoms with Crippen molar-refractivity contribution in [3.05, 3.63) is 144 Å². The zero-order chi connectivity index (χ0) is 31.0. The number of tetrazole rings is 1. The van der Waals surface area contributed by atoms with Crippen LogP contribution in [0, 0.1) is 0 Å². The van der Waals surface area contributed by atoms with Crippen LogP contribution in [0.4, 0.5) is 0 Å². The summed E-state index contributed by atoms with van der Waals surface area (Å²) >= 11 is 1.63. The van der Waals surface area contributed by atoms with Gasteiger partial charge in [-0.25, -0.2) is 0 Å². The number of aromatic nitrogens is 4. The van der Waals surface area contributed by atoms with Crippen LogP contribution in [0.3, 0.4) is 0 Å². The van der Waals surface area contributed by atoms with E-state index in [4.69, 9.17) is 9.84 Å². The van der Waals surface area contributed by atoms with E-state index in [1.54, 1.807) is 33.6 Å². The van der Waals surface area contributed by atoms with Gasteiger partial charge in [-0.1, -0.05) is 109 Å². The summed E-state index contributed by atoms with van der Waals surface area (Å²) in [6, 6.07) is 38.5. The van der Waals surface area contributed by atoms with Gasteiger partial charge in [-0.05, 0) is 47.9 Å². The number of β-lactam (4-membered cyclic amide) rings is 1. The van der Waals surface area contributed by atoms with Gasteiger partial charge >= 0.3 is 0 Å². The first-order valence-corrected chi connectivity index (χ1v) is 15.7. The average molecular weight is 617 g/mol. The fourth-order valence-electron chi connectivity index (χ4n) is 6.41. The van der Waals surface area contributed by atoms with Crippen molar-refractivity contribution in [1.29, 1.82) is 0 Å². The molecule has 0 bridgehead atoms. The number of benzene rings is 4. The van der Waals surface area contributed by atoms with E-state index in [0.29, 0.717) is 11.6 Å². The summed E-state index contributed by atoms with van der Waals surface area (Å²) in [5.74, 6) is 0.527. The zero-order valence-corrected chi connectivity index (χ0v) is 25.7. The molecule has 0 saturated carbocycles. The summed E-state index contributed by atoms with van der Waals surface area (Å²) in [6.45, 7) is 3.98. The molecule has 2 saturated heterocycles. The van der Waals surface area contributed by atoms with E-state index in [-0.39, 0.29) is 23.8 Å². The number of fused-ring (bicyclic) bond motifs is 1. The number of ether oxygens (including phenoxy) is 1. The fraction of sp³-hybridized carbons (Fsp3) is 0.229. The van der Waals surface area contributed by atoms with Crippen LogP contribution < -0.4 is 10.1 Å². The molecule has 1 aromatic heterocycles. The molecular formula is C35H32N6O3S. The standard InChI is InChI=1S/C35H32N6O3S/c1-34(2)30(40-32(43)29(33(40)45-34)36-28(42)23-44-27-21-13-6-14-22-27)31-37-39-41(38-31)35(24-15-7-3-8-16-24,25-17-9-4-10-18-25)26-19-11-5-12-20-26/h3-22,29-30,33H,23H2,1-2H3,(H,36,42)/t29?,30?,33-/m1/s1. The van der Waals surface area contributed by atoms with E-state index in [1.165, 1.54) is 0 Å². The third-order valence-electron chi connectivity index (χ3n) is 8.42. The molecular weight excluding hydrogens is 584 g/mol. The maximum atomic E-state index is 13.6. The second kappa shape index (κ2) is 11.5. The van der Waals surface area contributed by atoms with E-state index in [0.717, 1.165) is 16.7 Å². The molecule has 10 heteroatoms. The van der Waals surface area contributed by atoms with E-state index in [2.05, 4.69) is 65.9 Å². The Labute approximate surface area is 265 Å². The van der Waals surface area contributed by atoms with Crippen LogP contribution >= 0.6 is 11.8 Å². The van der Waals surface area contributed by atoms with Crippen molar-refractivity contribution in [1.82, 2.24) is 30.4 Å². The average Bonchev–Trinajstić information content (AvgIpc) is 3.65. The van der Waals surface area contributed by atoms with E-state index >= 15 is 0 Å². The summed E-state index contributed by atoms with van der Waals surface area (Å²) in [7, 11) is 0. The number of hydrogen-bond acceptors (Lipinski definition) is 7. The van der Waals surface area contributed by atoms with Crippen molar-refractivity contribution >= 4 is 23.6 Å². The van der Waals surface area contributed by atoms with Crippen LogP contribution in [0.15, 0.2) is 121 Å². The molecule has 3 heterocycles. The first kappa shape index (κ1) is 28.8. The number of amides is 2. The predicted octanol–water partition coefficient (Wildman–Crippen LogP) is 4.81. The number of carbonyl (C=O) groups excluding carboxylic acids is 2. The van der Waals surface area contributed by atoms with Gasteiger partial charge in [0.1, 0.15) is 23.2 Å². The highest BCUT2D eigenvalue weighted by Crippen LogP contribution is 2.56. The van der Waals surface area contributed by atoms with Crippen molar-refractivity contribution in [3.8, 4) is 5.75 Å². The predicted molar refractivity (Wildman–Crippen MR) is 171 cm³/mol. The number of rotatable bonds is 9. The molecule has 7 rings (SSSR count). The Hall–Kier alpha value is -4.96. The molecule has 2 aliphatic heterocycles. The third-order valence-corrected chi connectivity index (χ3v) is 9.99. The summed E-state index contributed by atoms with van der Waals surface area (Å²) in [6.07, 6.45) is 0. The van der Waals surface area contributed by atoms with Gasteiger partial charge in [0.05, 0.1) is 0 Å². The van der Waals surface area contributed by atoms with Crippen LogP contribution in [-0.4, -0.2) is 59.7 Å². The molecule has 4 aromatic carbocycles. The molecule has 2 fully saturated rings. The molecule has 1 N–H and O–H groups in total. The molecule has 9 nitrogen and oxygen atoms in total. The molecule has 2 aliphatic rings. The Morgan fingerprint density at radius 1 is 0.844 bits per heavy atom. The normalized spacial score (nSPS) is 20.3. The van der Waals surface area contributed by atoms with E-state index in [9.17, 15) is 9.59 Å². The molecule has 2 amide bonds. The Bertz CT molecular complexity index is 1700. The number of nitrogens with one attached hydrogen (secondary N) is 1. The molecule has 3 atom stereocenters. The maximum absolute atomic E-state index is 13.6. The molecule has 5 aromatic rings. The topological polar surface area (TPSA) is 102 Å². The van der Waals surface area contributed by atoms with Crippen molar-refractivity contribution in [2.45, 2.75) is 41.6 Å². The summed E-state index contributed by atoms with van der Waals surface area (Å²) in [5.41, 5.74) is 2.01. The zero-order valence-electron chi connectivity index (χ0n) is 24.9. The highest BCUT2D eigenvalue weighted by Gasteiger charge is 2.63. The smallest absolute Gasteiger partial charge is 0.258 e. The molecule has 0 aliphatic carbocycles. The second-order valence-electron chi connectivity index (χ2n) is 11.7. The fourth-order valence-corrected chi connectivity index (χ4v) is 8.04. The Kier molecular flexibility index (Phi) is 7.37. The van der Waals surface area contributed by atoms with Crippen LogP contribution in [0.2, 0.25) is 0 Å². The minimum absolute atomic E-state index is 0.172. The number of nitrogens with zero attached hydrogens (tertiary/aromatic N) is 5. The summed E-state index contributed by atoms with van der Waals surface area (Å²) in [5, 5.41) is 17.0. The lowest BCUT2D eigenvalue weighted by Crippen LogP contribution is -2.68. The first-order chi connectivity index (χ1) is 21.9. The van der Waals surface area contributed by atoms with Gasteiger partial charge < -0.3 is 15.0 Å². The molecule has 0 radical (unpaired) electrons. The van der Waals surface area contributed by atoms with Gasteiger partial charge in [0, 0.05) is 4.75 Å². The minimum Gasteiger partial charge on any atom is -0.484 e. The number of carbonyl (C=O) groups is 2. The SMILES string of the molecule is CC1(C)S[C@@H]2C(NC(=O)COc3ccccc3)C(=O)N2C1c1nnn(C(c2ccccc2)(c2ccccc2)c2ccccc2)n1. The first-order valence-electron chi connectivity index (χ1n) is 14.8. The van der Waals surface area contributed by atoms with Gasteiger partial charge in [-0.15, -0.1) is 26.8 Å². The van der Waals surface area contributed by atoms with Crippen LogP contribution in [0.25, 0.3) is 0 Å². The van der Waals surface area contributed by atoms with Crippen molar-refractivity contribution in [2.75, 3.05) is 6.61 Å². The van der Waals surface area contributed by atoms with Crippen LogP contribution in [0.1, 0.15) is 42.4 Å². The molecule has 2 unspecified atom stereocenters. The highest BCUT2D eigenvalue weighted by molar-refractivity contribution is 8.01. The molecule has 45 heavy (non-hydrogen) atoms. The van der Waals surface area contributed by atoms with Gasteiger partial charge in [0.25, 0.3) is 5.91 Å². The third kappa shape index (κ3) is 4.95. The highest BCUT2D eigenvalue weighted by atomic mass is 32.2. The Morgan fingerprint density at radius 3 is 1.89 bits per heavy atom. The second-order valence-corrected chi connectivity index (χ2v) is 13.4. The largest absolute Gasteiger partial charge is 0.484 e. The quantitative estimate of drug-likeness (QED) is 0.187. The number of para-hydroxylation sites is 1. The Morgan fingerprint density at radius 2 is 1.36 bits per heavy atom. The van der Waals surface area contributed by atoms with Crippen molar-refractivity contribution in [2.24, 2.45) is 0 Å². The Balaban J connectivity index is 1.21. The maximum Gasteiger partial charge on any atom is 0.258 e.